The molecule has 31 heavy (non-hydrogen) atoms. The molecular weight excluding hydrogens is 412 g/mol. The van der Waals surface area contributed by atoms with Gasteiger partial charge in [0.1, 0.15) is 17.9 Å². The topological polar surface area (TPSA) is 72.6 Å². The van der Waals surface area contributed by atoms with Crippen molar-refractivity contribution in [2.45, 2.75) is 34.3 Å². The van der Waals surface area contributed by atoms with E-state index in [0.717, 1.165) is 27.8 Å². The summed E-state index contributed by atoms with van der Waals surface area (Å²) in [5, 5.41) is 3.34. The standard InChI is InChI=1S/C24H22N2O4S/c1-14-5-8-21(16(3)9-14)26(17(4)27)24-25-18(13-31-24)12-29-19-6-7-20-15(2)10-23(28)30-22(20)11-19/h5-11,13H,12H2,1-4H3. The summed E-state index contributed by atoms with van der Waals surface area (Å²) in [4.78, 5) is 30.2. The third kappa shape index (κ3) is 4.36. The van der Waals surface area contributed by atoms with Crippen LogP contribution in [0.25, 0.3) is 11.0 Å². The maximum Gasteiger partial charge on any atom is 0.336 e. The van der Waals surface area contributed by atoms with Crippen LogP contribution in [0.1, 0.15) is 29.3 Å². The molecule has 0 aliphatic heterocycles. The normalized spacial score (nSPS) is 11.0. The number of anilines is 2. The first-order valence-corrected chi connectivity index (χ1v) is 10.7. The lowest BCUT2D eigenvalue weighted by Crippen LogP contribution is -2.23. The molecule has 0 atom stereocenters. The van der Waals surface area contributed by atoms with E-state index < -0.39 is 0 Å². The van der Waals surface area contributed by atoms with Crippen LogP contribution in [0, 0.1) is 20.8 Å². The highest BCUT2D eigenvalue weighted by Gasteiger charge is 2.20. The predicted octanol–water partition coefficient (Wildman–Crippen LogP) is 5.44. The van der Waals surface area contributed by atoms with E-state index in [-0.39, 0.29) is 18.1 Å². The van der Waals surface area contributed by atoms with Crippen molar-refractivity contribution in [3.63, 3.8) is 0 Å². The van der Waals surface area contributed by atoms with Gasteiger partial charge in [0.25, 0.3) is 0 Å². The molecule has 158 valence electrons. The lowest BCUT2D eigenvalue weighted by atomic mass is 10.1. The van der Waals surface area contributed by atoms with Gasteiger partial charge < -0.3 is 9.15 Å². The lowest BCUT2D eigenvalue weighted by molar-refractivity contribution is -0.115. The number of ether oxygens (including phenoxy) is 1. The summed E-state index contributed by atoms with van der Waals surface area (Å²) in [6.07, 6.45) is 0. The maximum atomic E-state index is 12.4. The first-order chi connectivity index (χ1) is 14.8. The second kappa shape index (κ2) is 8.35. The summed E-state index contributed by atoms with van der Waals surface area (Å²) in [5.41, 5.74) is 4.64. The number of hydrogen-bond donors (Lipinski definition) is 0. The van der Waals surface area contributed by atoms with Crippen LogP contribution in [0.5, 0.6) is 5.75 Å². The summed E-state index contributed by atoms with van der Waals surface area (Å²) in [7, 11) is 0. The lowest BCUT2D eigenvalue weighted by Gasteiger charge is -2.20. The number of aromatic nitrogens is 1. The van der Waals surface area contributed by atoms with Crippen molar-refractivity contribution in [1.82, 2.24) is 4.98 Å². The molecule has 0 saturated heterocycles. The maximum absolute atomic E-state index is 12.4. The molecule has 0 fully saturated rings. The van der Waals surface area contributed by atoms with Crippen molar-refractivity contribution >= 4 is 39.0 Å². The molecule has 2 heterocycles. The van der Waals surface area contributed by atoms with Gasteiger partial charge in [0.05, 0.1) is 11.4 Å². The van der Waals surface area contributed by atoms with Crippen molar-refractivity contribution in [2.75, 3.05) is 4.90 Å². The van der Waals surface area contributed by atoms with E-state index in [4.69, 9.17) is 9.15 Å². The molecule has 0 radical (unpaired) electrons. The number of carbonyl (C=O) groups is 1. The minimum atomic E-state index is -0.387. The van der Waals surface area contributed by atoms with Gasteiger partial charge in [-0.15, -0.1) is 11.3 Å². The number of hydrogen-bond acceptors (Lipinski definition) is 6. The van der Waals surface area contributed by atoms with Crippen molar-refractivity contribution < 1.29 is 13.9 Å². The zero-order valence-electron chi connectivity index (χ0n) is 17.8. The van der Waals surface area contributed by atoms with Gasteiger partial charge in [-0.1, -0.05) is 17.7 Å². The molecule has 1 amide bonds. The predicted molar refractivity (Wildman–Crippen MR) is 122 cm³/mol. The average molecular weight is 435 g/mol. The Hall–Kier alpha value is -3.45. The zero-order chi connectivity index (χ0) is 22.1. The second-order valence-corrected chi connectivity index (χ2v) is 8.30. The summed E-state index contributed by atoms with van der Waals surface area (Å²) < 4.78 is 11.1. The van der Waals surface area contributed by atoms with Crippen molar-refractivity contribution in [2.24, 2.45) is 0 Å². The van der Waals surface area contributed by atoms with Crippen LogP contribution in [0.3, 0.4) is 0 Å². The molecule has 0 N–H and O–H groups in total. The molecule has 0 unspecified atom stereocenters. The molecule has 0 saturated carbocycles. The van der Waals surface area contributed by atoms with Gasteiger partial charge in [0.15, 0.2) is 5.13 Å². The van der Waals surface area contributed by atoms with E-state index in [1.54, 1.807) is 11.0 Å². The van der Waals surface area contributed by atoms with E-state index in [2.05, 4.69) is 4.98 Å². The van der Waals surface area contributed by atoms with Crippen LogP contribution in [-0.4, -0.2) is 10.9 Å². The summed E-state index contributed by atoms with van der Waals surface area (Å²) in [5.74, 6) is 0.474. The number of thiazole rings is 1. The molecule has 2 aromatic carbocycles. The van der Waals surface area contributed by atoms with E-state index in [1.165, 1.54) is 24.3 Å². The average Bonchev–Trinajstić information content (AvgIpc) is 3.16. The summed E-state index contributed by atoms with van der Waals surface area (Å²) in [6.45, 7) is 7.63. The van der Waals surface area contributed by atoms with E-state index >= 15 is 0 Å². The SMILES string of the molecule is CC(=O)N(c1nc(COc2ccc3c(C)cc(=O)oc3c2)cs1)c1ccc(C)cc1C. The molecule has 4 aromatic rings. The number of rotatable bonds is 5. The second-order valence-electron chi connectivity index (χ2n) is 7.46. The highest BCUT2D eigenvalue weighted by atomic mass is 32.1. The van der Waals surface area contributed by atoms with Crippen LogP contribution < -0.4 is 15.3 Å². The molecule has 6 nitrogen and oxygen atoms in total. The minimum absolute atomic E-state index is 0.103. The van der Waals surface area contributed by atoms with Gasteiger partial charge in [-0.3, -0.25) is 9.69 Å². The Labute approximate surface area is 183 Å². The third-order valence-electron chi connectivity index (χ3n) is 4.95. The Morgan fingerprint density at radius 3 is 2.65 bits per heavy atom. The van der Waals surface area contributed by atoms with Crippen molar-refractivity contribution in [1.29, 1.82) is 0 Å². The largest absolute Gasteiger partial charge is 0.487 e. The van der Waals surface area contributed by atoms with Gasteiger partial charge >= 0.3 is 5.63 Å². The zero-order valence-corrected chi connectivity index (χ0v) is 18.6. The molecule has 4 rings (SSSR count). The van der Waals surface area contributed by atoms with Crippen LogP contribution >= 0.6 is 11.3 Å². The fraction of sp³-hybridized carbons (Fsp3) is 0.208. The van der Waals surface area contributed by atoms with Crippen molar-refractivity contribution in [3.05, 3.63) is 80.6 Å². The van der Waals surface area contributed by atoms with Gasteiger partial charge in [-0.05, 0) is 50.1 Å². The molecule has 0 aliphatic rings. The smallest absolute Gasteiger partial charge is 0.336 e. The summed E-state index contributed by atoms with van der Waals surface area (Å²) in [6, 6.07) is 12.8. The van der Waals surface area contributed by atoms with E-state index in [1.807, 2.05) is 56.5 Å². The quantitative estimate of drug-likeness (QED) is 0.391. The number of benzene rings is 2. The Bertz CT molecular complexity index is 1340. The Morgan fingerprint density at radius 2 is 1.90 bits per heavy atom. The number of fused-ring (bicyclic) bond motifs is 1. The number of carbonyl (C=O) groups excluding carboxylic acids is 1. The molecule has 7 heteroatoms. The number of nitrogens with zero attached hydrogens (tertiary/aromatic N) is 2. The Morgan fingerprint density at radius 1 is 1.10 bits per heavy atom. The Balaban J connectivity index is 1.55. The first-order valence-electron chi connectivity index (χ1n) is 9.81. The fourth-order valence-corrected chi connectivity index (χ4v) is 4.35. The van der Waals surface area contributed by atoms with Gasteiger partial charge in [-0.2, -0.15) is 0 Å². The minimum Gasteiger partial charge on any atom is -0.487 e. The Kier molecular flexibility index (Phi) is 5.61. The third-order valence-corrected chi connectivity index (χ3v) is 5.82. The highest BCUT2D eigenvalue weighted by Crippen LogP contribution is 2.32. The molecule has 0 bridgehead atoms. The highest BCUT2D eigenvalue weighted by molar-refractivity contribution is 7.14. The number of amides is 1. The molecular formula is C24H22N2O4S. The van der Waals surface area contributed by atoms with Crippen LogP contribution in [-0.2, 0) is 11.4 Å². The van der Waals surface area contributed by atoms with Crippen LogP contribution in [0.2, 0.25) is 0 Å². The van der Waals surface area contributed by atoms with E-state index in [0.29, 0.717) is 22.2 Å². The van der Waals surface area contributed by atoms with Crippen molar-refractivity contribution in [3.8, 4) is 5.75 Å². The van der Waals surface area contributed by atoms with E-state index in [9.17, 15) is 9.59 Å². The molecule has 0 aliphatic carbocycles. The molecule has 2 aromatic heterocycles. The molecule has 0 spiro atoms. The monoisotopic (exact) mass is 434 g/mol. The fourth-order valence-electron chi connectivity index (χ4n) is 3.48. The van der Waals surface area contributed by atoms with Gasteiger partial charge in [0, 0.05) is 29.8 Å². The van der Waals surface area contributed by atoms with Crippen LogP contribution in [0.15, 0.2) is 57.1 Å². The number of aryl methyl sites for hydroxylation is 3. The van der Waals surface area contributed by atoms with Gasteiger partial charge in [-0.25, -0.2) is 9.78 Å². The summed E-state index contributed by atoms with van der Waals surface area (Å²) >= 11 is 1.39. The first kappa shape index (κ1) is 20.8. The van der Waals surface area contributed by atoms with Crippen LogP contribution in [0.4, 0.5) is 10.8 Å². The van der Waals surface area contributed by atoms with Gasteiger partial charge in [0.2, 0.25) is 5.91 Å².